The highest BCUT2D eigenvalue weighted by Gasteiger charge is 2.11. The largest absolute Gasteiger partial charge is 0.493 e. The van der Waals surface area contributed by atoms with Crippen molar-refractivity contribution >= 4 is 5.97 Å². The van der Waals surface area contributed by atoms with Crippen molar-refractivity contribution in [2.75, 3.05) is 27.7 Å². The molecule has 0 unspecified atom stereocenters. The Hall–Kier alpha value is -1.59. The van der Waals surface area contributed by atoms with E-state index in [0.717, 1.165) is 5.56 Å². The first-order valence-electron chi connectivity index (χ1n) is 5.29. The van der Waals surface area contributed by atoms with Gasteiger partial charge in [0, 0.05) is 6.54 Å². The summed E-state index contributed by atoms with van der Waals surface area (Å²) >= 11 is 0. The quantitative estimate of drug-likeness (QED) is 0.602. The number of nitrogens with zero attached hydrogens (tertiary/aromatic N) is 1. The average molecular weight is 238 g/mol. The smallest absolute Gasteiger partial charge is 0.325 e. The van der Waals surface area contributed by atoms with E-state index in [1.54, 1.807) is 37.2 Å². The van der Waals surface area contributed by atoms with E-state index in [9.17, 15) is 4.79 Å². The Labute approximate surface area is 101 Å². The summed E-state index contributed by atoms with van der Waals surface area (Å²) in [7, 11) is 5.13. The molecule has 2 N–H and O–H groups in total. The van der Waals surface area contributed by atoms with Gasteiger partial charge >= 0.3 is 5.97 Å². The van der Waals surface area contributed by atoms with Crippen LogP contribution in [0.5, 0.6) is 11.5 Å². The van der Waals surface area contributed by atoms with Crippen LogP contribution in [0.3, 0.4) is 0 Å². The molecule has 0 saturated carbocycles. The Bertz CT molecular complexity index is 391. The van der Waals surface area contributed by atoms with Gasteiger partial charge in [-0.1, -0.05) is 6.07 Å². The summed E-state index contributed by atoms with van der Waals surface area (Å²) in [4.78, 5) is 13.2. The van der Waals surface area contributed by atoms with Gasteiger partial charge in [-0.25, -0.2) is 0 Å². The number of carbonyl (C=O) groups excluding carboxylic acids is 1. The number of rotatable bonds is 5. The first kappa shape index (κ1) is 13.5. The molecule has 1 aromatic carbocycles. The van der Waals surface area contributed by atoms with Crippen molar-refractivity contribution in [3.8, 4) is 11.5 Å². The Balaban J connectivity index is 2.80. The van der Waals surface area contributed by atoms with Gasteiger partial charge in [0.15, 0.2) is 11.5 Å². The van der Waals surface area contributed by atoms with E-state index in [2.05, 4.69) is 0 Å². The minimum Gasteiger partial charge on any atom is -0.493 e. The third kappa shape index (κ3) is 4.05. The van der Waals surface area contributed by atoms with Crippen LogP contribution in [0.4, 0.5) is 0 Å². The van der Waals surface area contributed by atoms with Crippen molar-refractivity contribution in [1.82, 2.24) is 4.90 Å². The highest BCUT2D eigenvalue weighted by Crippen LogP contribution is 2.28. The molecule has 1 aromatic rings. The fraction of sp³-hybridized carbons (Fsp3) is 0.417. The molecule has 0 atom stereocenters. The molecule has 0 aromatic heterocycles. The van der Waals surface area contributed by atoms with E-state index in [1.165, 1.54) is 7.11 Å². The standard InChI is InChI=1S/C12H18N2O3/c1-14(2)8-12(15)17-10-5-4-9(7-13)6-11(10)16-3/h4-6H,7-8,13H2,1-3H3. The van der Waals surface area contributed by atoms with E-state index in [4.69, 9.17) is 15.2 Å². The van der Waals surface area contributed by atoms with Crippen molar-refractivity contribution in [1.29, 1.82) is 0 Å². The van der Waals surface area contributed by atoms with Crippen LogP contribution in [0.2, 0.25) is 0 Å². The second kappa shape index (κ2) is 6.22. The number of nitrogens with two attached hydrogens (primary N) is 1. The lowest BCUT2D eigenvalue weighted by molar-refractivity contribution is -0.135. The first-order chi connectivity index (χ1) is 8.06. The van der Waals surface area contributed by atoms with Gasteiger partial charge in [0.2, 0.25) is 0 Å². The van der Waals surface area contributed by atoms with E-state index in [1.807, 2.05) is 0 Å². The summed E-state index contributed by atoms with van der Waals surface area (Å²) < 4.78 is 10.3. The van der Waals surface area contributed by atoms with Crippen LogP contribution in [0.25, 0.3) is 0 Å². The lowest BCUT2D eigenvalue weighted by Gasteiger charge is -2.12. The topological polar surface area (TPSA) is 64.8 Å². The van der Waals surface area contributed by atoms with Gasteiger partial charge in [-0.05, 0) is 31.8 Å². The molecular weight excluding hydrogens is 220 g/mol. The Morgan fingerprint density at radius 3 is 2.59 bits per heavy atom. The van der Waals surface area contributed by atoms with Gasteiger partial charge < -0.3 is 15.2 Å². The number of hydrogen-bond donors (Lipinski definition) is 1. The van der Waals surface area contributed by atoms with Gasteiger partial charge in [0.05, 0.1) is 13.7 Å². The van der Waals surface area contributed by atoms with Crippen molar-refractivity contribution in [3.05, 3.63) is 23.8 Å². The van der Waals surface area contributed by atoms with Crippen molar-refractivity contribution in [3.63, 3.8) is 0 Å². The summed E-state index contributed by atoms with van der Waals surface area (Å²) in [5, 5.41) is 0. The van der Waals surface area contributed by atoms with Crippen molar-refractivity contribution < 1.29 is 14.3 Å². The molecule has 17 heavy (non-hydrogen) atoms. The Kier molecular flexibility index (Phi) is 4.93. The second-order valence-electron chi connectivity index (χ2n) is 3.90. The van der Waals surface area contributed by atoms with Crippen LogP contribution in [0.15, 0.2) is 18.2 Å². The van der Waals surface area contributed by atoms with E-state index < -0.39 is 0 Å². The van der Waals surface area contributed by atoms with Gasteiger partial charge in [0.25, 0.3) is 0 Å². The molecule has 0 aliphatic rings. The third-order valence-corrected chi connectivity index (χ3v) is 2.13. The van der Waals surface area contributed by atoms with Crippen molar-refractivity contribution in [2.24, 2.45) is 5.73 Å². The fourth-order valence-electron chi connectivity index (χ4n) is 1.34. The van der Waals surface area contributed by atoms with Crippen LogP contribution in [0, 0.1) is 0 Å². The third-order valence-electron chi connectivity index (χ3n) is 2.13. The number of hydrogen-bond acceptors (Lipinski definition) is 5. The molecule has 0 heterocycles. The summed E-state index contributed by atoms with van der Waals surface area (Å²) in [6.45, 7) is 0.643. The zero-order chi connectivity index (χ0) is 12.8. The maximum Gasteiger partial charge on any atom is 0.325 e. The van der Waals surface area contributed by atoms with E-state index in [-0.39, 0.29) is 12.5 Å². The zero-order valence-electron chi connectivity index (χ0n) is 10.4. The molecule has 0 spiro atoms. The maximum atomic E-state index is 11.5. The van der Waals surface area contributed by atoms with Gasteiger partial charge in [0.1, 0.15) is 0 Å². The lowest BCUT2D eigenvalue weighted by atomic mass is 10.2. The molecule has 5 heteroatoms. The molecule has 0 radical (unpaired) electrons. The molecule has 0 aliphatic carbocycles. The fourth-order valence-corrected chi connectivity index (χ4v) is 1.34. The summed E-state index contributed by atoms with van der Waals surface area (Å²) in [5.74, 6) is 0.602. The molecule has 94 valence electrons. The van der Waals surface area contributed by atoms with Crippen LogP contribution >= 0.6 is 0 Å². The highest BCUT2D eigenvalue weighted by atomic mass is 16.6. The van der Waals surface area contributed by atoms with Crippen molar-refractivity contribution in [2.45, 2.75) is 6.54 Å². The van der Waals surface area contributed by atoms with Gasteiger partial charge in [-0.15, -0.1) is 0 Å². The number of carbonyl (C=O) groups is 1. The normalized spacial score (nSPS) is 10.4. The minimum absolute atomic E-state index is 0.224. The van der Waals surface area contributed by atoms with Crippen LogP contribution in [0.1, 0.15) is 5.56 Å². The predicted molar refractivity (Wildman–Crippen MR) is 65.1 cm³/mol. The number of ether oxygens (including phenoxy) is 2. The molecule has 0 saturated heterocycles. The highest BCUT2D eigenvalue weighted by molar-refractivity contribution is 5.75. The zero-order valence-corrected chi connectivity index (χ0v) is 10.4. The number of benzene rings is 1. The van der Waals surface area contributed by atoms with E-state index in [0.29, 0.717) is 18.0 Å². The predicted octanol–water partition coefficient (Wildman–Crippen LogP) is 0.621. The number of methoxy groups -OCH3 is 1. The summed E-state index contributed by atoms with van der Waals surface area (Å²) in [6, 6.07) is 5.26. The molecule has 0 amide bonds. The Morgan fingerprint density at radius 1 is 1.35 bits per heavy atom. The number of likely N-dealkylation sites (N-methyl/N-ethyl adjacent to an activating group) is 1. The first-order valence-corrected chi connectivity index (χ1v) is 5.29. The van der Waals surface area contributed by atoms with Gasteiger partial charge in [-0.2, -0.15) is 0 Å². The molecular formula is C12H18N2O3. The average Bonchev–Trinajstić information content (AvgIpc) is 2.28. The molecule has 0 bridgehead atoms. The monoisotopic (exact) mass is 238 g/mol. The molecule has 0 aliphatic heterocycles. The molecule has 1 rings (SSSR count). The van der Waals surface area contributed by atoms with Gasteiger partial charge in [-0.3, -0.25) is 9.69 Å². The van der Waals surface area contributed by atoms with E-state index >= 15 is 0 Å². The second-order valence-corrected chi connectivity index (χ2v) is 3.90. The molecule has 0 fully saturated rings. The van der Waals surface area contributed by atoms with Crippen LogP contribution in [-0.2, 0) is 11.3 Å². The SMILES string of the molecule is COc1cc(CN)ccc1OC(=O)CN(C)C. The van der Waals surface area contributed by atoms with Crippen LogP contribution in [-0.4, -0.2) is 38.6 Å². The molecule has 5 nitrogen and oxygen atoms in total. The number of esters is 1. The minimum atomic E-state index is -0.325. The maximum absolute atomic E-state index is 11.5. The lowest BCUT2D eigenvalue weighted by Crippen LogP contribution is -2.25. The van der Waals surface area contributed by atoms with Crippen LogP contribution < -0.4 is 15.2 Å². The Morgan fingerprint density at radius 2 is 2.06 bits per heavy atom. The summed E-state index contributed by atoms with van der Waals surface area (Å²) in [5.41, 5.74) is 6.45. The summed E-state index contributed by atoms with van der Waals surface area (Å²) in [6.07, 6.45) is 0.